The minimum atomic E-state index is 0.332. The lowest BCUT2D eigenvalue weighted by Crippen LogP contribution is -2.21. The Morgan fingerprint density at radius 2 is 1.88 bits per heavy atom. The Morgan fingerprint density at radius 1 is 1.06 bits per heavy atom. The number of rotatable bonds is 1. The Morgan fingerprint density at radius 3 is 2.65 bits per heavy atom. The third-order valence-corrected chi connectivity index (χ3v) is 4.54. The first-order chi connectivity index (χ1) is 8.33. The van der Waals surface area contributed by atoms with Gasteiger partial charge in [0.05, 0.1) is 0 Å². The monoisotopic (exact) mass is 228 g/mol. The van der Waals surface area contributed by atoms with Gasteiger partial charge in [-0.25, -0.2) is 0 Å². The van der Waals surface area contributed by atoms with E-state index in [4.69, 9.17) is 0 Å². The molecular weight excluding hydrogens is 208 g/mol. The van der Waals surface area contributed by atoms with Crippen LogP contribution in [0.25, 0.3) is 0 Å². The van der Waals surface area contributed by atoms with Gasteiger partial charge in [-0.2, -0.15) is 0 Å². The fourth-order valence-corrected chi connectivity index (χ4v) is 3.25. The van der Waals surface area contributed by atoms with Crippen molar-refractivity contribution >= 4 is 0 Å². The van der Waals surface area contributed by atoms with Gasteiger partial charge in [0.25, 0.3) is 0 Å². The lowest BCUT2D eigenvalue weighted by Gasteiger charge is -2.33. The molecule has 0 aromatic heterocycles. The quantitative estimate of drug-likeness (QED) is 0.658. The van der Waals surface area contributed by atoms with Gasteiger partial charge in [0.2, 0.25) is 0 Å². The van der Waals surface area contributed by atoms with Crippen LogP contribution in [0.1, 0.15) is 44.9 Å². The minimum Gasteiger partial charge on any atom is -0.507 e. The van der Waals surface area contributed by atoms with Crippen molar-refractivity contribution in [3.63, 3.8) is 0 Å². The number of fused-ring (bicyclic) bond motifs is 1. The van der Waals surface area contributed by atoms with E-state index in [1.165, 1.54) is 49.7 Å². The molecule has 0 aromatic rings. The third-order valence-electron chi connectivity index (χ3n) is 4.54. The summed E-state index contributed by atoms with van der Waals surface area (Å²) in [5.74, 6) is 2.18. The average molecular weight is 228 g/mol. The maximum Gasteiger partial charge on any atom is 0.123 e. The third kappa shape index (κ3) is 2.25. The van der Waals surface area contributed by atoms with Crippen molar-refractivity contribution in [1.82, 2.24) is 0 Å². The Balaban J connectivity index is 1.84. The highest BCUT2D eigenvalue weighted by molar-refractivity contribution is 5.39. The molecule has 3 aliphatic rings. The van der Waals surface area contributed by atoms with Crippen molar-refractivity contribution in [2.75, 3.05) is 0 Å². The molecule has 17 heavy (non-hydrogen) atoms. The molecule has 0 bridgehead atoms. The van der Waals surface area contributed by atoms with Crippen LogP contribution in [0.4, 0.5) is 0 Å². The Bertz CT molecular complexity index is 428. The van der Waals surface area contributed by atoms with Crippen molar-refractivity contribution in [2.24, 2.45) is 11.8 Å². The molecule has 3 aliphatic carbocycles. The van der Waals surface area contributed by atoms with Crippen LogP contribution in [0.15, 0.2) is 40.9 Å². The van der Waals surface area contributed by atoms with Crippen LogP contribution >= 0.6 is 0 Å². The first-order valence-corrected chi connectivity index (χ1v) is 6.89. The molecule has 0 saturated heterocycles. The molecular formula is C16H20O. The maximum atomic E-state index is 9.52. The SMILES string of the molecule is OC1=CC=C2CC(C3CCC3)CCCC2=C=C1. The molecule has 0 amide bonds. The summed E-state index contributed by atoms with van der Waals surface area (Å²) in [5.41, 5.74) is 6.02. The summed E-state index contributed by atoms with van der Waals surface area (Å²) >= 11 is 0. The van der Waals surface area contributed by atoms with Gasteiger partial charge >= 0.3 is 0 Å². The number of hydrogen-bond acceptors (Lipinski definition) is 1. The van der Waals surface area contributed by atoms with Gasteiger partial charge < -0.3 is 5.11 Å². The zero-order valence-electron chi connectivity index (χ0n) is 10.3. The summed E-state index contributed by atoms with van der Waals surface area (Å²) in [4.78, 5) is 0. The zero-order chi connectivity index (χ0) is 11.7. The summed E-state index contributed by atoms with van der Waals surface area (Å²) in [5, 5.41) is 9.52. The normalized spacial score (nSPS) is 29.2. The zero-order valence-corrected chi connectivity index (χ0v) is 10.3. The van der Waals surface area contributed by atoms with Crippen LogP contribution in [0, 0.1) is 11.8 Å². The first-order valence-electron chi connectivity index (χ1n) is 6.89. The van der Waals surface area contributed by atoms with Gasteiger partial charge in [-0.3, -0.25) is 0 Å². The van der Waals surface area contributed by atoms with E-state index in [2.05, 4.69) is 11.8 Å². The molecule has 1 atom stereocenters. The largest absolute Gasteiger partial charge is 0.507 e. The lowest BCUT2D eigenvalue weighted by molar-refractivity contribution is 0.195. The molecule has 1 N–H and O–H groups in total. The second kappa shape index (κ2) is 4.58. The van der Waals surface area contributed by atoms with Crippen molar-refractivity contribution in [3.05, 3.63) is 40.9 Å². The molecule has 1 unspecified atom stereocenters. The summed E-state index contributed by atoms with van der Waals surface area (Å²) in [7, 11) is 0. The predicted octanol–water partition coefficient (Wildman–Crippen LogP) is 4.44. The van der Waals surface area contributed by atoms with E-state index < -0.39 is 0 Å². The number of aliphatic hydroxyl groups is 1. The predicted molar refractivity (Wildman–Crippen MR) is 69.7 cm³/mol. The van der Waals surface area contributed by atoms with E-state index in [9.17, 15) is 5.11 Å². The van der Waals surface area contributed by atoms with Gasteiger partial charge in [-0.15, -0.1) is 5.73 Å². The van der Waals surface area contributed by atoms with E-state index in [0.717, 1.165) is 18.3 Å². The molecule has 1 nitrogen and oxygen atoms in total. The van der Waals surface area contributed by atoms with Crippen LogP contribution in [0.5, 0.6) is 0 Å². The van der Waals surface area contributed by atoms with Gasteiger partial charge in [0, 0.05) is 6.08 Å². The van der Waals surface area contributed by atoms with E-state index in [1.807, 2.05) is 6.08 Å². The highest BCUT2D eigenvalue weighted by Crippen LogP contribution is 2.42. The fraction of sp³-hybridized carbons (Fsp3) is 0.562. The summed E-state index contributed by atoms with van der Waals surface area (Å²) in [6, 6.07) is 0. The first kappa shape index (κ1) is 10.9. The molecule has 0 spiro atoms. The van der Waals surface area contributed by atoms with Gasteiger partial charge in [-0.1, -0.05) is 25.3 Å². The van der Waals surface area contributed by atoms with Crippen LogP contribution in [-0.4, -0.2) is 5.11 Å². The number of hydrogen-bond donors (Lipinski definition) is 1. The van der Waals surface area contributed by atoms with Crippen LogP contribution in [0.2, 0.25) is 0 Å². The molecule has 2 fully saturated rings. The maximum absolute atomic E-state index is 9.52. The molecule has 0 aromatic carbocycles. The fourth-order valence-electron chi connectivity index (χ4n) is 3.25. The highest BCUT2D eigenvalue weighted by Gasteiger charge is 2.29. The van der Waals surface area contributed by atoms with Gasteiger partial charge in [0.1, 0.15) is 5.76 Å². The second-order valence-electron chi connectivity index (χ2n) is 5.60. The van der Waals surface area contributed by atoms with E-state index >= 15 is 0 Å². The van der Waals surface area contributed by atoms with Crippen molar-refractivity contribution in [2.45, 2.75) is 44.9 Å². The lowest BCUT2D eigenvalue weighted by atomic mass is 9.72. The molecule has 0 aliphatic heterocycles. The standard InChI is InChI=1S/C16H20O/c17-16-9-7-13-5-2-6-14(12-3-1-4-12)11-15(13)8-10-16/h8-10,12,14,17H,1-6,11H2. The summed E-state index contributed by atoms with van der Waals surface area (Å²) in [6.07, 6.45) is 14.9. The topological polar surface area (TPSA) is 20.2 Å². The minimum absolute atomic E-state index is 0.332. The van der Waals surface area contributed by atoms with E-state index in [1.54, 1.807) is 6.08 Å². The van der Waals surface area contributed by atoms with Crippen molar-refractivity contribution in [1.29, 1.82) is 0 Å². The Labute approximate surface area is 103 Å². The van der Waals surface area contributed by atoms with E-state index in [-0.39, 0.29) is 0 Å². The number of allylic oxidation sites excluding steroid dienone is 4. The van der Waals surface area contributed by atoms with E-state index in [0.29, 0.717) is 5.76 Å². The average Bonchev–Trinajstić information content (AvgIpc) is 2.52. The van der Waals surface area contributed by atoms with Crippen LogP contribution < -0.4 is 0 Å². The molecule has 0 radical (unpaired) electrons. The van der Waals surface area contributed by atoms with Crippen LogP contribution in [0.3, 0.4) is 0 Å². The van der Waals surface area contributed by atoms with Crippen molar-refractivity contribution in [3.8, 4) is 0 Å². The summed E-state index contributed by atoms with van der Waals surface area (Å²) < 4.78 is 0. The Kier molecular flexibility index (Phi) is 2.94. The molecule has 2 saturated carbocycles. The number of aliphatic hydroxyl groups excluding tert-OH is 1. The molecule has 3 rings (SSSR count). The Hall–Kier alpha value is -1.20. The van der Waals surface area contributed by atoms with Gasteiger partial charge in [-0.05, 0) is 54.7 Å². The van der Waals surface area contributed by atoms with Crippen molar-refractivity contribution < 1.29 is 5.11 Å². The summed E-state index contributed by atoms with van der Waals surface area (Å²) in [6.45, 7) is 0. The second-order valence-corrected chi connectivity index (χ2v) is 5.60. The highest BCUT2D eigenvalue weighted by atomic mass is 16.3. The van der Waals surface area contributed by atoms with Gasteiger partial charge in [0.15, 0.2) is 0 Å². The van der Waals surface area contributed by atoms with Crippen LogP contribution in [-0.2, 0) is 0 Å². The smallest absolute Gasteiger partial charge is 0.123 e. The molecule has 1 heteroatoms. The molecule has 90 valence electrons. The molecule has 0 heterocycles.